The van der Waals surface area contributed by atoms with Gasteiger partial charge in [0, 0.05) is 17.5 Å². The molecule has 1 aliphatic rings. The van der Waals surface area contributed by atoms with E-state index in [1.807, 2.05) is 11.8 Å². The lowest BCUT2D eigenvalue weighted by Crippen LogP contribution is -2.13. The quantitative estimate of drug-likeness (QED) is 0.686. The smallest absolute Gasteiger partial charge is 0.124 e. The third-order valence-electron chi connectivity index (χ3n) is 1.19. The molecule has 0 aromatic rings. The minimum atomic E-state index is 0.518. The minimum Gasteiger partial charge on any atom is -0.329 e. The summed E-state index contributed by atoms with van der Waals surface area (Å²) < 4.78 is 1.22. The summed E-state index contributed by atoms with van der Waals surface area (Å²) in [5.74, 6) is 1.15. The van der Waals surface area contributed by atoms with Crippen molar-refractivity contribution in [2.24, 2.45) is 10.7 Å². The van der Waals surface area contributed by atoms with E-state index in [9.17, 15) is 0 Å². The summed E-state index contributed by atoms with van der Waals surface area (Å²) in [5, 5.41) is 0.518. The van der Waals surface area contributed by atoms with Gasteiger partial charge in [-0.25, -0.2) is 0 Å². The Hall–Kier alpha value is 0.330. The number of hydrogen-bond donors (Lipinski definition) is 1. The van der Waals surface area contributed by atoms with Gasteiger partial charge in [0.05, 0.1) is 6.54 Å². The highest BCUT2D eigenvalue weighted by Gasteiger charge is 2.10. The van der Waals surface area contributed by atoms with E-state index in [4.69, 9.17) is 5.73 Å². The third-order valence-corrected chi connectivity index (χ3v) is 3.52. The van der Waals surface area contributed by atoms with Gasteiger partial charge in [0.15, 0.2) is 0 Å². The molecule has 58 valence electrons. The summed E-state index contributed by atoms with van der Waals surface area (Å²) in [5.41, 5.74) is 5.47. The highest BCUT2D eigenvalue weighted by molar-refractivity contribution is 8.39. The van der Waals surface area contributed by atoms with Crippen LogP contribution < -0.4 is 5.73 Å². The Balaban J connectivity index is 2.23. The van der Waals surface area contributed by atoms with Gasteiger partial charge in [0.2, 0.25) is 0 Å². The zero-order chi connectivity index (χ0) is 7.40. The van der Waals surface area contributed by atoms with Gasteiger partial charge in [-0.15, -0.1) is 0 Å². The Morgan fingerprint density at radius 3 is 3.20 bits per heavy atom. The van der Waals surface area contributed by atoms with Crippen molar-refractivity contribution < 1.29 is 0 Å². The second-order valence-electron chi connectivity index (χ2n) is 2.16. The molecule has 1 aliphatic heterocycles. The molecule has 0 aromatic carbocycles. The lowest BCUT2D eigenvalue weighted by atomic mass is 10.5. The van der Waals surface area contributed by atoms with Crippen LogP contribution in [0.1, 0.15) is 6.92 Å². The maximum atomic E-state index is 5.47. The van der Waals surface area contributed by atoms with Crippen LogP contribution in [0.25, 0.3) is 0 Å². The van der Waals surface area contributed by atoms with Crippen molar-refractivity contribution in [1.82, 2.24) is 0 Å². The van der Waals surface area contributed by atoms with Crippen molar-refractivity contribution in [2.45, 2.75) is 12.2 Å². The molecule has 0 radical (unpaired) electrons. The zero-order valence-electron chi connectivity index (χ0n) is 6.04. The Bertz CT molecular complexity index is 136. The SMILES string of the molecule is C[C@@H](CN)SC1=NCCS1. The fraction of sp³-hybridized carbons (Fsp3) is 0.833. The van der Waals surface area contributed by atoms with Gasteiger partial charge in [-0.3, -0.25) is 4.99 Å². The summed E-state index contributed by atoms with van der Waals surface area (Å²) in [7, 11) is 0. The average molecular weight is 176 g/mol. The molecule has 0 amide bonds. The van der Waals surface area contributed by atoms with E-state index < -0.39 is 0 Å². The topological polar surface area (TPSA) is 38.4 Å². The summed E-state index contributed by atoms with van der Waals surface area (Å²) in [6.07, 6.45) is 0. The lowest BCUT2D eigenvalue weighted by molar-refractivity contribution is 0.957. The van der Waals surface area contributed by atoms with Crippen LogP contribution in [-0.2, 0) is 0 Å². The normalized spacial score (nSPS) is 20.8. The maximum absolute atomic E-state index is 5.47. The molecular formula is C6H12N2S2. The summed E-state index contributed by atoms with van der Waals surface area (Å²) in [6.45, 7) is 3.86. The number of aliphatic imine (C=N–C) groups is 1. The molecule has 0 aliphatic carbocycles. The van der Waals surface area contributed by atoms with Crippen LogP contribution >= 0.6 is 23.5 Å². The predicted octanol–water partition coefficient (Wildman–Crippen LogP) is 1.17. The highest BCUT2D eigenvalue weighted by atomic mass is 32.2. The summed E-state index contributed by atoms with van der Waals surface area (Å²) >= 11 is 3.64. The molecule has 2 nitrogen and oxygen atoms in total. The van der Waals surface area contributed by atoms with Crippen LogP contribution in [0.2, 0.25) is 0 Å². The zero-order valence-corrected chi connectivity index (χ0v) is 7.67. The molecule has 2 N–H and O–H groups in total. The fourth-order valence-electron chi connectivity index (χ4n) is 0.607. The molecule has 0 spiro atoms. The van der Waals surface area contributed by atoms with Crippen molar-refractivity contribution in [3.8, 4) is 0 Å². The molecule has 0 fully saturated rings. The fourth-order valence-corrected chi connectivity index (χ4v) is 2.77. The first kappa shape index (κ1) is 8.43. The van der Waals surface area contributed by atoms with Crippen LogP contribution in [-0.4, -0.2) is 28.5 Å². The van der Waals surface area contributed by atoms with Crippen LogP contribution in [0.3, 0.4) is 0 Å². The standard InChI is InChI=1S/C6H12N2S2/c1-5(4-7)10-6-8-2-3-9-6/h5H,2-4,7H2,1H3/t5-/m0/s1. The Labute approximate surface area is 70.0 Å². The predicted molar refractivity (Wildman–Crippen MR) is 50.9 cm³/mol. The molecule has 1 rings (SSSR count). The number of nitrogens with zero attached hydrogens (tertiary/aromatic N) is 1. The molecule has 0 aromatic heterocycles. The van der Waals surface area contributed by atoms with E-state index in [1.165, 1.54) is 4.38 Å². The number of nitrogens with two attached hydrogens (primary N) is 1. The van der Waals surface area contributed by atoms with Gasteiger partial charge in [-0.05, 0) is 0 Å². The van der Waals surface area contributed by atoms with Gasteiger partial charge >= 0.3 is 0 Å². The molecular weight excluding hydrogens is 164 g/mol. The molecule has 1 heterocycles. The molecule has 10 heavy (non-hydrogen) atoms. The molecule has 0 saturated carbocycles. The van der Waals surface area contributed by atoms with Gasteiger partial charge in [-0.1, -0.05) is 30.4 Å². The van der Waals surface area contributed by atoms with Crippen molar-refractivity contribution in [3.05, 3.63) is 0 Å². The second-order valence-corrected chi connectivity index (χ2v) is 4.93. The van der Waals surface area contributed by atoms with Crippen molar-refractivity contribution in [1.29, 1.82) is 0 Å². The minimum absolute atomic E-state index is 0.518. The second kappa shape index (κ2) is 4.26. The summed E-state index contributed by atoms with van der Waals surface area (Å²) in [6, 6.07) is 0. The van der Waals surface area contributed by atoms with Crippen molar-refractivity contribution >= 4 is 27.9 Å². The van der Waals surface area contributed by atoms with Crippen molar-refractivity contribution in [2.75, 3.05) is 18.8 Å². The van der Waals surface area contributed by atoms with Gasteiger partial charge in [0.25, 0.3) is 0 Å². The van der Waals surface area contributed by atoms with Gasteiger partial charge in [0.1, 0.15) is 4.38 Å². The molecule has 4 heteroatoms. The van der Waals surface area contributed by atoms with E-state index in [0.717, 1.165) is 18.8 Å². The number of rotatable bonds is 2. The molecule has 1 atom stereocenters. The molecule has 0 unspecified atom stereocenters. The Morgan fingerprint density at radius 1 is 1.90 bits per heavy atom. The van der Waals surface area contributed by atoms with Gasteiger partial charge < -0.3 is 5.73 Å². The van der Waals surface area contributed by atoms with Gasteiger partial charge in [-0.2, -0.15) is 0 Å². The Morgan fingerprint density at radius 2 is 2.70 bits per heavy atom. The number of hydrogen-bond acceptors (Lipinski definition) is 4. The Kier molecular flexibility index (Phi) is 3.59. The lowest BCUT2D eigenvalue weighted by Gasteiger charge is -2.05. The first-order valence-corrected chi connectivity index (χ1v) is 5.23. The first-order chi connectivity index (χ1) is 4.83. The number of thioether (sulfide) groups is 2. The first-order valence-electron chi connectivity index (χ1n) is 3.37. The van der Waals surface area contributed by atoms with Crippen LogP contribution in [0.4, 0.5) is 0 Å². The van der Waals surface area contributed by atoms with E-state index >= 15 is 0 Å². The van der Waals surface area contributed by atoms with E-state index in [1.54, 1.807) is 11.8 Å². The average Bonchev–Trinajstić information content (AvgIpc) is 2.40. The van der Waals surface area contributed by atoms with E-state index in [-0.39, 0.29) is 0 Å². The van der Waals surface area contributed by atoms with Crippen LogP contribution in [0, 0.1) is 0 Å². The van der Waals surface area contributed by atoms with Crippen LogP contribution in [0.5, 0.6) is 0 Å². The third kappa shape index (κ3) is 2.52. The van der Waals surface area contributed by atoms with E-state index in [2.05, 4.69) is 11.9 Å². The van der Waals surface area contributed by atoms with E-state index in [0.29, 0.717) is 5.25 Å². The van der Waals surface area contributed by atoms with Crippen LogP contribution in [0.15, 0.2) is 4.99 Å². The monoisotopic (exact) mass is 176 g/mol. The summed E-state index contributed by atoms with van der Waals surface area (Å²) in [4.78, 5) is 4.31. The molecule has 0 bridgehead atoms. The maximum Gasteiger partial charge on any atom is 0.124 e. The molecule has 0 saturated heterocycles. The van der Waals surface area contributed by atoms with Crippen molar-refractivity contribution in [3.63, 3.8) is 0 Å². The highest BCUT2D eigenvalue weighted by Crippen LogP contribution is 2.24. The largest absolute Gasteiger partial charge is 0.329 e.